The van der Waals surface area contributed by atoms with Gasteiger partial charge in [0.1, 0.15) is 17.1 Å². The summed E-state index contributed by atoms with van der Waals surface area (Å²) < 4.78 is 5.82. The molecule has 1 aliphatic heterocycles. The predicted molar refractivity (Wildman–Crippen MR) is 126 cm³/mol. The molecule has 0 bridgehead atoms. The van der Waals surface area contributed by atoms with Crippen LogP contribution in [0.4, 0.5) is 5.69 Å². The molecule has 2 aromatic carbocycles. The maximum atomic E-state index is 13.1. The Morgan fingerprint density at radius 3 is 2.48 bits per heavy atom. The summed E-state index contributed by atoms with van der Waals surface area (Å²) in [7, 11) is 0. The Kier molecular flexibility index (Phi) is 5.76. The summed E-state index contributed by atoms with van der Waals surface area (Å²) in [5.41, 5.74) is 2.46. The van der Waals surface area contributed by atoms with Gasteiger partial charge in [-0.2, -0.15) is 0 Å². The van der Waals surface area contributed by atoms with Gasteiger partial charge in [-0.15, -0.1) is 0 Å². The van der Waals surface area contributed by atoms with E-state index in [1.165, 1.54) is 11.0 Å². The van der Waals surface area contributed by atoms with E-state index in [1.807, 2.05) is 36.4 Å². The third kappa shape index (κ3) is 4.31. The molecule has 1 aromatic heterocycles. The Morgan fingerprint density at radius 1 is 1.06 bits per heavy atom. The minimum absolute atomic E-state index is 0.0449. The average Bonchev–Trinajstić information content (AvgIpc) is 3.20. The van der Waals surface area contributed by atoms with Crippen molar-refractivity contribution in [1.29, 1.82) is 0 Å². The second-order valence-electron chi connectivity index (χ2n) is 7.42. The molecule has 2 heterocycles. The lowest BCUT2D eigenvalue weighted by Crippen LogP contribution is -2.54. The number of carbonyl (C=O) groups excluding carboxylic acids is 2. The zero-order valence-electron chi connectivity index (χ0n) is 16.9. The van der Waals surface area contributed by atoms with Crippen molar-refractivity contribution in [3.63, 3.8) is 0 Å². The number of amides is 2. The SMILES string of the molecule is CC(C)c1ccc(N2C(=O)/C(=C/c3ccc(-c4cccc(Cl)c4)o3)C(=O)NC2=S)cc1. The van der Waals surface area contributed by atoms with Crippen LogP contribution in [0.5, 0.6) is 0 Å². The minimum Gasteiger partial charge on any atom is -0.457 e. The minimum atomic E-state index is -0.564. The van der Waals surface area contributed by atoms with Gasteiger partial charge in [0, 0.05) is 10.6 Å². The van der Waals surface area contributed by atoms with Crippen molar-refractivity contribution in [2.75, 3.05) is 4.90 Å². The van der Waals surface area contributed by atoms with Gasteiger partial charge in [-0.05, 0) is 66.2 Å². The molecule has 0 atom stereocenters. The van der Waals surface area contributed by atoms with Gasteiger partial charge in [0.2, 0.25) is 0 Å². The summed E-state index contributed by atoms with van der Waals surface area (Å²) in [6, 6.07) is 18.2. The molecule has 1 aliphatic rings. The van der Waals surface area contributed by atoms with E-state index in [1.54, 1.807) is 24.3 Å². The maximum absolute atomic E-state index is 13.1. The molecule has 31 heavy (non-hydrogen) atoms. The second kappa shape index (κ2) is 8.49. The van der Waals surface area contributed by atoms with Crippen molar-refractivity contribution in [2.24, 2.45) is 0 Å². The largest absolute Gasteiger partial charge is 0.457 e. The number of anilines is 1. The van der Waals surface area contributed by atoms with E-state index in [0.717, 1.165) is 11.1 Å². The molecule has 0 spiro atoms. The topological polar surface area (TPSA) is 62.6 Å². The van der Waals surface area contributed by atoms with Crippen LogP contribution in [0.3, 0.4) is 0 Å². The first-order valence-electron chi connectivity index (χ1n) is 9.70. The Hall–Kier alpha value is -3.22. The molecule has 0 aliphatic carbocycles. The van der Waals surface area contributed by atoms with Crippen LogP contribution in [0.1, 0.15) is 31.1 Å². The Balaban J connectivity index is 1.65. The summed E-state index contributed by atoms with van der Waals surface area (Å²) in [5, 5.41) is 3.21. The Labute approximate surface area is 190 Å². The third-order valence-corrected chi connectivity index (χ3v) is 5.46. The van der Waals surface area contributed by atoms with E-state index < -0.39 is 11.8 Å². The number of thiocarbonyl (C=S) groups is 1. The highest BCUT2D eigenvalue weighted by molar-refractivity contribution is 7.80. The van der Waals surface area contributed by atoms with E-state index in [0.29, 0.717) is 28.1 Å². The van der Waals surface area contributed by atoms with Gasteiger partial charge in [-0.1, -0.05) is 49.7 Å². The predicted octanol–water partition coefficient (Wildman–Crippen LogP) is 5.55. The lowest BCUT2D eigenvalue weighted by Gasteiger charge is -2.29. The highest BCUT2D eigenvalue weighted by atomic mass is 35.5. The van der Waals surface area contributed by atoms with Crippen LogP contribution < -0.4 is 10.2 Å². The van der Waals surface area contributed by atoms with E-state index in [-0.39, 0.29) is 10.7 Å². The Bertz CT molecular complexity index is 1210. The van der Waals surface area contributed by atoms with Crippen molar-refractivity contribution in [2.45, 2.75) is 19.8 Å². The summed E-state index contributed by atoms with van der Waals surface area (Å²) >= 11 is 11.3. The summed E-state index contributed by atoms with van der Waals surface area (Å²) in [4.78, 5) is 26.9. The highest BCUT2D eigenvalue weighted by Crippen LogP contribution is 2.28. The van der Waals surface area contributed by atoms with Crippen LogP contribution in [0.25, 0.3) is 17.4 Å². The van der Waals surface area contributed by atoms with E-state index in [4.69, 9.17) is 28.2 Å². The standard InChI is InChI=1S/C24H19ClN2O3S/c1-14(2)15-6-8-18(9-7-15)27-23(29)20(22(28)26-24(27)31)13-19-10-11-21(30-19)16-4-3-5-17(25)12-16/h3-14H,1-2H3,(H,26,28,31)/b20-13+. The lowest BCUT2D eigenvalue weighted by molar-refractivity contribution is -0.122. The van der Waals surface area contributed by atoms with E-state index in [9.17, 15) is 9.59 Å². The molecule has 1 saturated heterocycles. The summed E-state index contributed by atoms with van der Waals surface area (Å²) in [6.45, 7) is 4.18. The molecule has 0 saturated carbocycles. The van der Waals surface area contributed by atoms with Gasteiger partial charge in [0.25, 0.3) is 11.8 Å². The number of furan rings is 1. The number of carbonyl (C=O) groups is 2. The number of rotatable bonds is 4. The van der Waals surface area contributed by atoms with Gasteiger partial charge in [-0.25, -0.2) is 0 Å². The van der Waals surface area contributed by atoms with Crippen LogP contribution in [-0.4, -0.2) is 16.9 Å². The number of hydrogen-bond donors (Lipinski definition) is 1. The van der Waals surface area contributed by atoms with Gasteiger partial charge < -0.3 is 4.42 Å². The lowest BCUT2D eigenvalue weighted by atomic mass is 10.0. The maximum Gasteiger partial charge on any atom is 0.270 e. The quantitative estimate of drug-likeness (QED) is 0.321. The fourth-order valence-electron chi connectivity index (χ4n) is 3.27. The molecule has 0 unspecified atom stereocenters. The van der Waals surface area contributed by atoms with Crippen molar-refractivity contribution in [3.05, 3.63) is 82.6 Å². The van der Waals surface area contributed by atoms with Crippen molar-refractivity contribution < 1.29 is 14.0 Å². The van der Waals surface area contributed by atoms with Crippen LogP contribution in [0.2, 0.25) is 5.02 Å². The molecule has 5 nitrogen and oxygen atoms in total. The molecule has 1 N–H and O–H groups in total. The van der Waals surface area contributed by atoms with Crippen LogP contribution >= 0.6 is 23.8 Å². The average molecular weight is 451 g/mol. The fraction of sp³-hybridized carbons (Fsp3) is 0.125. The van der Waals surface area contributed by atoms with Gasteiger partial charge >= 0.3 is 0 Å². The monoisotopic (exact) mass is 450 g/mol. The molecule has 0 radical (unpaired) electrons. The molecule has 7 heteroatoms. The van der Waals surface area contributed by atoms with Gasteiger partial charge in [-0.3, -0.25) is 19.8 Å². The van der Waals surface area contributed by atoms with Crippen LogP contribution in [-0.2, 0) is 9.59 Å². The summed E-state index contributed by atoms with van der Waals surface area (Å²) in [5.74, 6) is 0.240. The number of nitrogens with zero attached hydrogens (tertiary/aromatic N) is 1. The van der Waals surface area contributed by atoms with E-state index in [2.05, 4.69) is 19.2 Å². The second-order valence-corrected chi connectivity index (χ2v) is 8.24. The molecule has 3 aromatic rings. The molecule has 2 amide bonds. The van der Waals surface area contributed by atoms with Crippen molar-refractivity contribution >= 4 is 52.5 Å². The number of nitrogens with one attached hydrogen (secondary N) is 1. The zero-order valence-corrected chi connectivity index (χ0v) is 18.5. The van der Waals surface area contributed by atoms with E-state index >= 15 is 0 Å². The number of hydrogen-bond acceptors (Lipinski definition) is 4. The third-order valence-electron chi connectivity index (χ3n) is 4.94. The number of benzene rings is 2. The van der Waals surface area contributed by atoms with Crippen LogP contribution in [0, 0.1) is 0 Å². The van der Waals surface area contributed by atoms with Crippen molar-refractivity contribution in [1.82, 2.24) is 5.32 Å². The normalized spacial score (nSPS) is 15.7. The molecular formula is C24H19ClN2O3S. The Morgan fingerprint density at radius 2 is 1.81 bits per heavy atom. The van der Waals surface area contributed by atoms with Gasteiger partial charge in [0.05, 0.1) is 5.69 Å². The zero-order chi connectivity index (χ0) is 22.1. The fourth-order valence-corrected chi connectivity index (χ4v) is 3.74. The first-order valence-corrected chi connectivity index (χ1v) is 10.5. The highest BCUT2D eigenvalue weighted by Gasteiger charge is 2.34. The first kappa shape index (κ1) is 21.0. The smallest absolute Gasteiger partial charge is 0.270 e. The first-order chi connectivity index (χ1) is 14.8. The molecule has 4 rings (SSSR count). The summed E-state index contributed by atoms with van der Waals surface area (Å²) in [6.07, 6.45) is 1.42. The van der Waals surface area contributed by atoms with Gasteiger partial charge in [0.15, 0.2) is 5.11 Å². The molecule has 1 fully saturated rings. The van der Waals surface area contributed by atoms with Crippen LogP contribution in [0.15, 0.2) is 70.7 Å². The van der Waals surface area contributed by atoms with Crippen molar-refractivity contribution in [3.8, 4) is 11.3 Å². The molecule has 156 valence electrons. The molecular weight excluding hydrogens is 432 g/mol. The number of halogens is 1.